The summed E-state index contributed by atoms with van der Waals surface area (Å²) in [5.74, 6) is 0.0668. The van der Waals surface area contributed by atoms with Gasteiger partial charge in [0, 0.05) is 25.7 Å². The highest BCUT2D eigenvalue weighted by atomic mass is 31.2. The third-order valence-corrected chi connectivity index (χ3v) is 19.5. The van der Waals surface area contributed by atoms with Gasteiger partial charge in [-0.05, 0) is 43.4 Å². The van der Waals surface area contributed by atoms with Crippen molar-refractivity contribution in [3.05, 3.63) is 0 Å². The molecule has 546 valence electrons. The Morgan fingerprint density at radius 1 is 0.315 bits per heavy atom. The van der Waals surface area contributed by atoms with Gasteiger partial charge in [-0.1, -0.05) is 318 Å². The molecule has 0 saturated carbocycles. The highest BCUT2D eigenvalue weighted by Crippen LogP contribution is 2.45. The summed E-state index contributed by atoms with van der Waals surface area (Å²) in [4.78, 5) is 72.6. The van der Waals surface area contributed by atoms with Crippen LogP contribution in [0.5, 0.6) is 0 Å². The van der Waals surface area contributed by atoms with Crippen molar-refractivity contribution in [2.75, 3.05) is 39.6 Å². The normalized spacial score (nSPS) is 14.7. The van der Waals surface area contributed by atoms with Crippen molar-refractivity contribution >= 4 is 39.5 Å². The van der Waals surface area contributed by atoms with Crippen LogP contribution in [0.25, 0.3) is 0 Å². The second-order valence-corrected chi connectivity index (χ2v) is 30.2. The van der Waals surface area contributed by atoms with E-state index in [0.717, 1.165) is 114 Å². The molecule has 0 aromatic rings. The maximum Gasteiger partial charge on any atom is 0.472 e. The monoisotopic (exact) mass is 1350 g/mol. The molecular formula is C73H142O17P2. The first-order valence-corrected chi connectivity index (χ1v) is 40.9. The zero-order chi connectivity index (χ0) is 68.0. The zero-order valence-corrected chi connectivity index (χ0v) is 61.8. The van der Waals surface area contributed by atoms with Gasteiger partial charge in [-0.25, -0.2) is 9.13 Å². The van der Waals surface area contributed by atoms with Gasteiger partial charge >= 0.3 is 39.5 Å². The molecule has 4 unspecified atom stereocenters. The van der Waals surface area contributed by atoms with Gasteiger partial charge in [0.2, 0.25) is 0 Å². The molecule has 0 fully saturated rings. The number of carbonyl (C=O) groups is 4. The molecule has 3 N–H and O–H groups in total. The first-order chi connectivity index (χ1) is 44.3. The Morgan fingerprint density at radius 2 is 0.554 bits per heavy atom. The van der Waals surface area contributed by atoms with Crippen molar-refractivity contribution in [2.45, 2.75) is 388 Å². The minimum atomic E-state index is -4.95. The lowest BCUT2D eigenvalue weighted by atomic mass is 10.00. The number of ether oxygens (including phenoxy) is 4. The predicted molar refractivity (Wildman–Crippen MR) is 372 cm³/mol. The van der Waals surface area contributed by atoms with Crippen LogP contribution in [0.15, 0.2) is 0 Å². The maximum atomic E-state index is 13.0. The van der Waals surface area contributed by atoms with E-state index in [4.69, 9.17) is 37.0 Å². The van der Waals surface area contributed by atoms with Crippen LogP contribution < -0.4 is 0 Å². The molecule has 0 heterocycles. The Balaban J connectivity index is 5.20. The molecule has 7 atom stereocenters. The minimum absolute atomic E-state index is 0.102. The van der Waals surface area contributed by atoms with E-state index in [2.05, 4.69) is 48.5 Å². The Kier molecular flexibility index (Phi) is 62.4. The number of aliphatic hydroxyl groups excluding tert-OH is 1. The molecule has 17 nitrogen and oxygen atoms in total. The predicted octanol–water partition coefficient (Wildman–Crippen LogP) is 21.0. The summed E-state index contributed by atoms with van der Waals surface area (Å²) < 4.78 is 68.3. The summed E-state index contributed by atoms with van der Waals surface area (Å²) in [5.41, 5.74) is 0. The third-order valence-electron chi connectivity index (χ3n) is 17.6. The average molecular weight is 1350 g/mol. The molecule has 0 aromatic carbocycles. The van der Waals surface area contributed by atoms with E-state index in [1.165, 1.54) is 173 Å². The number of rotatable bonds is 71. The van der Waals surface area contributed by atoms with Gasteiger partial charge in [-0.3, -0.25) is 37.3 Å². The lowest BCUT2D eigenvalue weighted by molar-refractivity contribution is -0.161. The van der Waals surface area contributed by atoms with E-state index >= 15 is 0 Å². The molecule has 0 aliphatic rings. The summed E-state index contributed by atoms with van der Waals surface area (Å²) >= 11 is 0. The van der Waals surface area contributed by atoms with E-state index in [-0.39, 0.29) is 25.7 Å². The van der Waals surface area contributed by atoms with Crippen molar-refractivity contribution in [1.29, 1.82) is 0 Å². The fourth-order valence-corrected chi connectivity index (χ4v) is 12.6. The fraction of sp³-hybridized carbons (Fsp3) is 0.945. The largest absolute Gasteiger partial charge is 0.472 e. The van der Waals surface area contributed by atoms with Crippen LogP contribution in [-0.2, 0) is 65.4 Å². The second-order valence-electron chi connectivity index (χ2n) is 27.3. The number of unbranched alkanes of at least 4 members (excludes halogenated alkanes) is 37. The van der Waals surface area contributed by atoms with Gasteiger partial charge in [0.25, 0.3) is 0 Å². The number of hydrogen-bond donors (Lipinski definition) is 3. The van der Waals surface area contributed by atoms with E-state index in [1.54, 1.807) is 0 Å². The number of carbonyl (C=O) groups excluding carboxylic acids is 4. The first-order valence-electron chi connectivity index (χ1n) is 37.9. The van der Waals surface area contributed by atoms with Crippen LogP contribution in [0.1, 0.15) is 370 Å². The number of esters is 4. The Bertz CT molecular complexity index is 1810. The SMILES string of the molecule is CCCCCCCCCCCCCCCCCCCCCCC(=O)O[C@H](COC(=O)CCCCCCCCCCCC(C)C)COP(=O)(O)OC[C@@H](O)COP(=O)(O)OC[C@@H](COC(=O)CCCCCCCCC(C)CC)OC(=O)CCCCCCCCC(C)CC. The van der Waals surface area contributed by atoms with Crippen LogP contribution in [0.3, 0.4) is 0 Å². The average Bonchev–Trinajstić information content (AvgIpc) is 1.50. The van der Waals surface area contributed by atoms with E-state index in [0.29, 0.717) is 25.7 Å². The topological polar surface area (TPSA) is 237 Å². The van der Waals surface area contributed by atoms with E-state index in [9.17, 15) is 43.2 Å². The lowest BCUT2D eigenvalue weighted by Crippen LogP contribution is -2.30. The number of aliphatic hydroxyl groups is 1. The minimum Gasteiger partial charge on any atom is -0.462 e. The van der Waals surface area contributed by atoms with E-state index < -0.39 is 97.5 Å². The van der Waals surface area contributed by atoms with Gasteiger partial charge in [-0.2, -0.15) is 0 Å². The Morgan fingerprint density at radius 3 is 0.826 bits per heavy atom. The zero-order valence-electron chi connectivity index (χ0n) is 60.0. The number of phosphoric acid groups is 2. The second kappa shape index (κ2) is 63.8. The number of phosphoric ester groups is 2. The van der Waals surface area contributed by atoms with Crippen LogP contribution in [0, 0.1) is 17.8 Å². The maximum absolute atomic E-state index is 13.0. The molecule has 0 aliphatic carbocycles. The standard InChI is InChI=1S/C73H142O17P2/c1-8-11-12-13-14-15-16-17-18-19-20-21-22-23-24-25-28-32-42-49-56-72(77)89-68(60-83-70(75)54-47-40-31-29-26-27-30-37-44-51-64(4)5)62-87-91(79,80)85-58-67(74)59-86-92(81,82)88-63-69(90-73(78)57-50-43-36-34-39-46-53-66(7)10-3)61-84-71(76)55-48-41-35-33-38-45-52-65(6)9-2/h64-69,74H,8-63H2,1-7H3,(H,79,80)(H,81,82)/t65?,66?,67-,68-,69-/m1/s1. The molecule has 0 radical (unpaired) electrons. The van der Waals surface area contributed by atoms with Crippen LogP contribution in [0.2, 0.25) is 0 Å². The van der Waals surface area contributed by atoms with Crippen molar-refractivity contribution in [2.24, 2.45) is 17.8 Å². The van der Waals surface area contributed by atoms with E-state index in [1.807, 2.05) is 0 Å². The summed E-state index contributed by atoms with van der Waals surface area (Å²) in [5, 5.41) is 10.6. The molecule has 19 heteroatoms. The summed E-state index contributed by atoms with van der Waals surface area (Å²) in [7, 11) is -9.91. The summed E-state index contributed by atoms with van der Waals surface area (Å²) in [6, 6.07) is 0. The Hall–Kier alpha value is -1.94. The highest BCUT2D eigenvalue weighted by Gasteiger charge is 2.30. The van der Waals surface area contributed by atoms with Gasteiger partial charge in [0.15, 0.2) is 12.2 Å². The highest BCUT2D eigenvalue weighted by molar-refractivity contribution is 7.47. The van der Waals surface area contributed by atoms with Crippen molar-refractivity contribution in [1.82, 2.24) is 0 Å². The number of hydrogen-bond acceptors (Lipinski definition) is 15. The molecule has 0 amide bonds. The van der Waals surface area contributed by atoms with Crippen LogP contribution >= 0.6 is 15.6 Å². The van der Waals surface area contributed by atoms with Crippen molar-refractivity contribution in [3.63, 3.8) is 0 Å². The molecule has 0 saturated heterocycles. The van der Waals surface area contributed by atoms with Crippen LogP contribution in [-0.4, -0.2) is 96.7 Å². The lowest BCUT2D eigenvalue weighted by Gasteiger charge is -2.21. The van der Waals surface area contributed by atoms with Crippen molar-refractivity contribution < 1.29 is 80.2 Å². The van der Waals surface area contributed by atoms with Gasteiger partial charge in [0.05, 0.1) is 26.4 Å². The molecule has 0 rings (SSSR count). The summed E-state index contributed by atoms with van der Waals surface area (Å²) in [6.45, 7) is 11.8. The fourth-order valence-electron chi connectivity index (χ4n) is 11.0. The molecule has 92 heavy (non-hydrogen) atoms. The van der Waals surface area contributed by atoms with Gasteiger partial charge in [-0.15, -0.1) is 0 Å². The van der Waals surface area contributed by atoms with Crippen molar-refractivity contribution in [3.8, 4) is 0 Å². The quantitative estimate of drug-likeness (QED) is 0.0222. The summed E-state index contributed by atoms with van der Waals surface area (Å²) in [6.07, 6.45) is 48.8. The van der Waals surface area contributed by atoms with Gasteiger partial charge < -0.3 is 33.8 Å². The molecule has 0 spiro atoms. The molecular weight excluding hydrogens is 1210 g/mol. The first kappa shape index (κ1) is 90.1. The molecule has 0 bridgehead atoms. The molecule has 0 aromatic heterocycles. The smallest absolute Gasteiger partial charge is 0.462 e. The molecule has 0 aliphatic heterocycles. The third kappa shape index (κ3) is 64.1. The Labute approximate surface area is 562 Å². The van der Waals surface area contributed by atoms with Gasteiger partial charge in [0.1, 0.15) is 19.3 Å². The van der Waals surface area contributed by atoms with Crippen LogP contribution in [0.4, 0.5) is 0 Å².